The number of hydrogen-bond acceptors (Lipinski definition) is 3. The van der Waals surface area contributed by atoms with Crippen LogP contribution in [0.15, 0.2) is 17.1 Å². The van der Waals surface area contributed by atoms with Crippen molar-refractivity contribution in [1.82, 2.24) is 10.6 Å². The molecule has 0 aromatic carbocycles. The third-order valence-electron chi connectivity index (χ3n) is 3.71. The van der Waals surface area contributed by atoms with E-state index in [9.17, 15) is 0 Å². The Morgan fingerprint density at radius 3 is 2.95 bits per heavy atom. The summed E-state index contributed by atoms with van der Waals surface area (Å²) in [5.74, 6) is 1.50. The Hall–Kier alpha value is -1.07. The molecule has 1 heterocycles. The van der Waals surface area contributed by atoms with Crippen molar-refractivity contribution in [3.05, 3.63) is 12.2 Å². The van der Waals surface area contributed by atoms with Crippen molar-refractivity contribution in [3.8, 4) is 0 Å². The fourth-order valence-electron chi connectivity index (χ4n) is 2.47. The Kier molecular flexibility index (Phi) is 6.88. The molecule has 1 fully saturated rings. The van der Waals surface area contributed by atoms with Crippen LogP contribution in [-0.4, -0.2) is 52.0 Å². The molecule has 0 saturated carbocycles. The molecule has 2 N–H and O–H groups in total. The van der Waals surface area contributed by atoms with Crippen LogP contribution in [-0.2, 0) is 9.47 Å². The molecule has 1 atom stereocenters. The predicted octanol–water partition coefficient (Wildman–Crippen LogP) is 1.31. The van der Waals surface area contributed by atoms with Gasteiger partial charge in [0.25, 0.3) is 0 Å². The molecule has 1 aliphatic heterocycles. The number of ether oxygens (including phenoxy) is 2. The third kappa shape index (κ3) is 5.51. The van der Waals surface area contributed by atoms with Gasteiger partial charge in [-0.15, -0.1) is 0 Å². The van der Waals surface area contributed by atoms with Crippen molar-refractivity contribution in [1.29, 1.82) is 0 Å². The van der Waals surface area contributed by atoms with Gasteiger partial charge in [0.05, 0.1) is 13.2 Å². The normalized spacial score (nSPS) is 23.4. The second-order valence-corrected chi connectivity index (χ2v) is 5.44. The van der Waals surface area contributed by atoms with Crippen LogP contribution in [0.25, 0.3) is 0 Å². The van der Waals surface area contributed by atoms with Gasteiger partial charge in [0.2, 0.25) is 0 Å². The molecular formula is C15H27N3O2. The van der Waals surface area contributed by atoms with Gasteiger partial charge in [0, 0.05) is 38.8 Å². The van der Waals surface area contributed by atoms with Crippen molar-refractivity contribution in [2.75, 3.05) is 40.0 Å². The molecule has 0 bridgehead atoms. The summed E-state index contributed by atoms with van der Waals surface area (Å²) >= 11 is 0. The zero-order valence-electron chi connectivity index (χ0n) is 12.4. The summed E-state index contributed by atoms with van der Waals surface area (Å²) in [6.45, 7) is 4.28. The molecular weight excluding hydrogens is 254 g/mol. The molecule has 0 aromatic rings. The molecule has 0 aromatic heterocycles. The third-order valence-corrected chi connectivity index (χ3v) is 3.71. The first-order chi connectivity index (χ1) is 9.88. The Labute approximate surface area is 121 Å². The predicted molar refractivity (Wildman–Crippen MR) is 81.0 cm³/mol. The zero-order valence-corrected chi connectivity index (χ0v) is 12.4. The summed E-state index contributed by atoms with van der Waals surface area (Å²) in [6.07, 6.45) is 8.75. The lowest BCUT2D eigenvalue weighted by molar-refractivity contribution is 0.0888. The maximum atomic E-state index is 5.68. The van der Waals surface area contributed by atoms with Crippen molar-refractivity contribution >= 4 is 5.96 Å². The molecule has 1 saturated heterocycles. The first-order valence-electron chi connectivity index (χ1n) is 7.66. The smallest absolute Gasteiger partial charge is 0.191 e. The van der Waals surface area contributed by atoms with Gasteiger partial charge in [-0.3, -0.25) is 4.99 Å². The molecule has 0 spiro atoms. The van der Waals surface area contributed by atoms with Crippen molar-refractivity contribution in [3.63, 3.8) is 0 Å². The molecule has 2 rings (SSSR count). The summed E-state index contributed by atoms with van der Waals surface area (Å²) in [5.41, 5.74) is 0. The Bertz CT molecular complexity index is 317. The van der Waals surface area contributed by atoms with Gasteiger partial charge in [0.15, 0.2) is 5.96 Å². The molecule has 0 amide bonds. The molecule has 1 aliphatic carbocycles. The van der Waals surface area contributed by atoms with E-state index in [1.165, 1.54) is 0 Å². The highest BCUT2D eigenvalue weighted by atomic mass is 16.5. The fourth-order valence-corrected chi connectivity index (χ4v) is 2.47. The van der Waals surface area contributed by atoms with Gasteiger partial charge in [0.1, 0.15) is 0 Å². The Balaban J connectivity index is 1.46. The van der Waals surface area contributed by atoms with Gasteiger partial charge < -0.3 is 20.1 Å². The maximum Gasteiger partial charge on any atom is 0.191 e. The molecule has 2 aliphatic rings. The molecule has 1 unspecified atom stereocenters. The number of hydrogen-bond donors (Lipinski definition) is 2. The molecule has 114 valence electrons. The highest BCUT2D eigenvalue weighted by molar-refractivity contribution is 5.80. The van der Waals surface area contributed by atoms with E-state index in [-0.39, 0.29) is 0 Å². The van der Waals surface area contributed by atoms with Crippen LogP contribution in [0, 0.1) is 5.92 Å². The monoisotopic (exact) mass is 281 g/mol. The van der Waals surface area contributed by atoms with E-state index in [0.29, 0.717) is 12.0 Å². The number of nitrogens with zero attached hydrogens (tertiary/aromatic N) is 1. The van der Waals surface area contributed by atoms with E-state index < -0.39 is 0 Å². The van der Waals surface area contributed by atoms with Crippen molar-refractivity contribution in [2.24, 2.45) is 10.9 Å². The van der Waals surface area contributed by atoms with E-state index in [1.807, 2.05) is 7.05 Å². The highest BCUT2D eigenvalue weighted by Gasteiger charge is 2.15. The maximum absolute atomic E-state index is 5.68. The van der Waals surface area contributed by atoms with E-state index >= 15 is 0 Å². The second kappa shape index (κ2) is 8.97. The molecule has 5 nitrogen and oxygen atoms in total. The van der Waals surface area contributed by atoms with Crippen LogP contribution >= 0.6 is 0 Å². The minimum atomic E-state index is 0.500. The van der Waals surface area contributed by atoms with Crippen LogP contribution in [0.3, 0.4) is 0 Å². The van der Waals surface area contributed by atoms with E-state index in [2.05, 4.69) is 27.8 Å². The van der Waals surface area contributed by atoms with Crippen molar-refractivity contribution < 1.29 is 9.47 Å². The minimum absolute atomic E-state index is 0.500. The lowest BCUT2D eigenvalue weighted by atomic mass is 10.1. The Morgan fingerprint density at radius 1 is 1.40 bits per heavy atom. The standard InChI is InChI=1S/C15H27N3O2/c1-16-15(18-14-5-2-3-6-14)17-8-4-9-19-11-13-7-10-20-12-13/h2-3,13-14H,4-12H2,1H3,(H2,16,17,18). The van der Waals surface area contributed by atoms with Gasteiger partial charge in [-0.2, -0.15) is 0 Å². The number of rotatable bonds is 7. The van der Waals surface area contributed by atoms with Crippen LogP contribution in [0.5, 0.6) is 0 Å². The lowest BCUT2D eigenvalue weighted by Crippen LogP contribution is -2.42. The fraction of sp³-hybridized carbons (Fsp3) is 0.800. The summed E-state index contributed by atoms with van der Waals surface area (Å²) < 4.78 is 11.0. The summed E-state index contributed by atoms with van der Waals surface area (Å²) in [6, 6.07) is 0.500. The summed E-state index contributed by atoms with van der Waals surface area (Å²) in [4.78, 5) is 4.24. The number of aliphatic imine (C=N–C) groups is 1. The van der Waals surface area contributed by atoms with Gasteiger partial charge in [-0.25, -0.2) is 0 Å². The first-order valence-corrected chi connectivity index (χ1v) is 7.66. The van der Waals surface area contributed by atoms with Crippen LogP contribution in [0.4, 0.5) is 0 Å². The first kappa shape index (κ1) is 15.3. The van der Waals surface area contributed by atoms with Gasteiger partial charge >= 0.3 is 0 Å². The summed E-state index contributed by atoms with van der Waals surface area (Å²) in [7, 11) is 1.81. The average molecular weight is 281 g/mol. The highest BCUT2D eigenvalue weighted by Crippen LogP contribution is 2.12. The summed E-state index contributed by atoms with van der Waals surface area (Å²) in [5, 5.41) is 6.75. The van der Waals surface area contributed by atoms with E-state index in [1.54, 1.807) is 0 Å². The topological polar surface area (TPSA) is 54.9 Å². The largest absolute Gasteiger partial charge is 0.381 e. The second-order valence-electron chi connectivity index (χ2n) is 5.44. The SMILES string of the molecule is CN=C(NCCCOCC1CCOC1)NC1CC=CC1. The quantitative estimate of drug-likeness (QED) is 0.320. The van der Waals surface area contributed by atoms with Crippen LogP contribution in [0.2, 0.25) is 0 Å². The zero-order chi connectivity index (χ0) is 14.0. The number of nitrogens with one attached hydrogen (secondary N) is 2. The van der Waals surface area contributed by atoms with Crippen LogP contribution in [0.1, 0.15) is 25.7 Å². The van der Waals surface area contributed by atoms with E-state index in [4.69, 9.17) is 9.47 Å². The molecule has 0 radical (unpaired) electrons. The van der Waals surface area contributed by atoms with Crippen LogP contribution < -0.4 is 10.6 Å². The van der Waals surface area contributed by atoms with Gasteiger partial charge in [-0.1, -0.05) is 12.2 Å². The molecule has 5 heteroatoms. The lowest BCUT2D eigenvalue weighted by Gasteiger charge is -2.17. The van der Waals surface area contributed by atoms with Gasteiger partial charge in [-0.05, 0) is 25.7 Å². The van der Waals surface area contributed by atoms with E-state index in [0.717, 1.165) is 64.6 Å². The van der Waals surface area contributed by atoms with Crippen molar-refractivity contribution in [2.45, 2.75) is 31.7 Å². The molecule has 20 heavy (non-hydrogen) atoms. The average Bonchev–Trinajstić information content (AvgIpc) is 3.14. The Morgan fingerprint density at radius 2 is 2.25 bits per heavy atom. The number of guanidine groups is 1. The minimum Gasteiger partial charge on any atom is -0.381 e.